The van der Waals surface area contributed by atoms with Crippen LogP contribution in [-0.2, 0) is 5.54 Å². The Kier molecular flexibility index (Phi) is 15.5. The third-order valence-electron chi connectivity index (χ3n) is 11.8. The molecule has 10 nitrogen and oxygen atoms in total. The first-order valence-corrected chi connectivity index (χ1v) is 21.9. The fraction of sp³-hybridized carbons (Fsp3) is 0.932. The van der Waals surface area contributed by atoms with E-state index in [1.54, 1.807) is 0 Å². The van der Waals surface area contributed by atoms with Gasteiger partial charge in [-0.2, -0.15) is 15.0 Å². The summed E-state index contributed by atoms with van der Waals surface area (Å²) >= 11 is 0. The highest BCUT2D eigenvalue weighted by molar-refractivity contribution is 5.41. The minimum atomic E-state index is -0.615. The van der Waals surface area contributed by atoms with Gasteiger partial charge in [-0.3, -0.25) is 0 Å². The molecule has 3 heterocycles. The van der Waals surface area contributed by atoms with Gasteiger partial charge in [0.05, 0.1) is 5.54 Å². The Bertz CT molecular complexity index is 1270. The molecule has 2 fully saturated rings. The molecule has 5 N–H and O–H groups in total. The maximum absolute atomic E-state index is 7.07. The summed E-state index contributed by atoms with van der Waals surface area (Å²) in [5.41, 5.74) is 6.65. The average molecular weight is 757 g/mol. The van der Waals surface area contributed by atoms with Gasteiger partial charge in [-0.1, -0.05) is 61.3 Å². The van der Waals surface area contributed by atoms with Crippen LogP contribution in [0.25, 0.3) is 0 Å². The van der Waals surface area contributed by atoms with Crippen LogP contribution in [0, 0.1) is 5.41 Å². The zero-order valence-corrected chi connectivity index (χ0v) is 38.5. The lowest BCUT2D eigenvalue weighted by molar-refractivity contribution is -0.0852. The van der Waals surface area contributed by atoms with Crippen LogP contribution in [0.4, 0.5) is 11.9 Å². The molecule has 10 heteroatoms. The standard InChI is InChI=1S/C44H88N10/c1-18-44(45,19-2)35-46-36(49-43(16,17)32-38(5,6)7)48-37(47-35)53(33-28-39(8,9)50-40(10,11)29-33)26-24-22-23-25-27-54(52(20-3)21-4)34-30-41(12,13)51-42(14,15)31-34/h33-34,50-51H,18-32,45H2,1-17H3,(H,46,47,48,49). The van der Waals surface area contributed by atoms with Crippen molar-refractivity contribution >= 4 is 11.9 Å². The Morgan fingerprint density at radius 2 is 1.13 bits per heavy atom. The predicted molar refractivity (Wildman–Crippen MR) is 232 cm³/mol. The molecule has 0 spiro atoms. The van der Waals surface area contributed by atoms with Gasteiger partial charge < -0.3 is 26.6 Å². The zero-order chi connectivity index (χ0) is 41.0. The van der Waals surface area contributed by atoms with E-state index in [4.69, 9.17) is 20.7 Å². The molecule has 3 rings (SSSR count). The van der Waals surface area contributed by atoms with Crippen LogP contribution in [-0.4, -0.2) is 90.9 Å². The largest absolute Gasteiger partial charge is 0.349 e. The fourth-order valence-electron chi connectivity index (χ4n) is 10.5. The van der Waals surface area contributed by atoms with Gasteiger partial charge in [-0.15, -0.1) is 0 Å². The fourth-order valence-corrected chi connectivity index (χ4v) is 10.5. The summed E-state index contributed by atoms with van der Waals surface area (Å²) in [5.74, 6) is 2.11. The van der Waals surface area contributed by atoms with Crippen molar-refractivity contribution in [2.45, 2.75) is 234 Å². The van der Waals surface area contributed by atoms with Crippen molar-refractivity contribution in [1.29, 1.82) is 0 Å². The highest BCUT2D eigenvalue weighted by atomic mass is 15.6. The van der Waals surface area contributed by atoms with E-state index in [0.717, 1.165) is 70.7 Å². The number of anilines is 2. The summed E-state index contributed by atoms with van der Waals surface area (Å²) in [5, 5.41) is 16.9. The Labute approximate surface area is 333 Å². The van der Waals surface area contributed by atoms with Crippen molar-refractivity contribution in [3.8, 4) is 0 Å². The number of rotatable bonds is 19. The first-order chi connectivity index (χ1) is 24.7. The van der Waals surface area contributed by atoms with E-state index in [1.165, 1.54) is 32.1 Å². The second-order valence-electron chi connectivity index (χ2n) is 21.7. The van der Waals surface area contributed by atoms with Crippen molar-refractivity contribution in [2.75, 3.05) is 36.4 Å². The van der Waals surface area contributed by atoms with Crippen molar-refractivity contribution in [1.82, 2.24) is 35.6 Å². The Morgan fingerprint density at radius 3 is 1.57 bits per heavy atom. The normalized spacial score (nSPS) is 20.8. The maximum atomic E-state index is 7.07. The summed E-state index contributed by atoms with van der Waals surface area (Å²) in [4.78, 5) is 18.1. The molecule has 314 valence electrons. The third-order valence-corrected chi connectivity index (χ3v) is 11.8. The molecule has 2 saturated heterocycles. The van der Waals surface area contributed by atoms with E-state index in [0.29, 0.717) is 23.9 Å². The Balaban J connectivity index is 1.89. The molecule has 2 aliphatic rings. The SMILES string of the molecule is CCN(CC)N(CCCCCCN(c1nc(NC(C)(C)CC(C)(C)C)nc(C(N)(CC)CC)n1)C1CC(C)(C)NC(C)(C)C1)C1CC(C)(C)NC(C)(C)C1. The lowest BCUT2D eigenvalue weighted by Gasteiger charge is -2.51. The summed E-state index contributed by atoms with van der Waals surface area (Å²) in [6.07, 6.45) is 11.6. The summed E-state index contributed by atoms with van der Waals surface area (Å²) in [7, 11) is 0. The summed E-state index contributed by atoms with van der Waals surface area (Å²) in [6, 6.07) is 0.843. The molecule has 0 unspecified atom stereocenters. The van der Waals surface area contributed by atoms with Gasteiger partial charge in [0.2, 0.25) is 11.9 Å². The number of hydrogen-bond acceptors (Lipinski definition) is 10. The lowest BCUT2D eigenvalue weighted by atomic mass is 9.79. The number of hydrazine groups is 1. The molecule has 0 atom stereocenters. The molecule has 0 aliphatic carbocycles. The van der Waals surface area contributed by atoms with E-state index in [-0.39, 0.29) is 33.1 Å². The molecule has 54 heavy (non-hydrogen) atoms. The number of piperidine rings is 2. The highest BCUT2D eigenvalue weighted by Gasteiger charge is 2.43. The number of hydrogen-bond donors (Lipinski definition) is 4. The average Bonchev–Trinajstić information content (AvgIpc) is 2.98. The molecule has 0 amide bonds. The minimum Gasteiger partial charge on any atom is -0.349 e. The van der Waals surface area contributed by atoms with Gasteiger partial charge in [0, 0.05) is 66.0 Å². The van der Waals surface area contributed by atoms with Crippen LogP contribution in [0.3, 0.4) is 0 Å². The van der Waals surface area contributed by atoms with E-state index >= 15 is 0 Å². The number of nitrogens with zero attached hydrogens (tertiary/aromatic N) is 6. The second-order valence-corrected chi connectivity index (χ2v) is 21.7. The van der Waals surface area contributed by atoms with Gasteiger partial charge in [0.15, 0.2) is 5.82 Å². The summed E-state index contributed by atoms with van der Waals surface area (Å²) < 4.78 is 0. The van der Waals surface area contributed by atoms with E-state index in [1.807, 2.05) is 0 Å². The highest BCUT2D eigenvalue weighted by Crippen LogP contribution is 2.36. The van der Waals surface area contributed by atoms with Crippen LogP contribution in [0.1, 0.15) is 194 Å². The quantitative estimate of drug-likeness (QED) is 0.0807. The second kappa shape index (κ2) is 17.9. The molecule has 0 saturated carbocycles. The van der Waals surface area contributed by atoms with Gasteiger partial charge in [-0.25, -0.2) is 10.0 Å². The van der Waals surface area contributed by atoms with Crippen molar-refractivity contribution in [3.05, 3.63) is 5.82 Å². The van der Waals surface area contributed by atoms with Gasteiger partial charge in [0.25, 0.3) is 0 Å². The molecule has 1 aromatic rings. The maximum Gasteiger partial charge on any atom is 0.230 e. The Hall–Kier alpha value is -1.59. The van der Waals surface area contributed by atoms with Crippen molar-refractivity contribution in [2.24, 2.45) is 11.1 Å². The molecule has 0 radical (unpaired) electrons. The molecular weight excluding hydrogens is 669 g/mol. The van der Waals surface area contributed by atoms with E-state index in [9.17, 15) is 0 Å². The van der Waals surface area contributed by atoms with Crippen LogP contribution in [0.5, 0.6) is 0 Å². The number of nitrogens with two attached hydrogens (primary N) is 1. The third kappa shape index (κ3) is 13.8. The van der Waals surface area contributed by atoms with Gasteiger partial charge >= 0.3 is 0 Å². The first-order valence-electron chi connectivity index (χ1n) is 21.9. The van der Waals surface area contributed by atoms with Crippen molar-refractivity contribution < 1.29 is 0 Å². The lowest BCUT2D eigenvalue weighted by Crippen LogP contribution is -2.64. The first kappa shape index (κ1) is 46.8. The van der Waals surface area contributed by atoms with E-state index < -0.39 is 5.54 Å². The smallest absolute Gasteiger partial charge is 0.230 e. The van der Waals surface area contributed by atoms with Gasteiger partial charge in [-0.05, 0) is 132 Å². The number of unbranched alkanes of at least 4 members (excludes halogenated alkanes) is 3. The topological polar surface area (TPSA) is 110 Å². The summed E-state index contributed by atoms with van der Waals surface area (Å²) in [6.45, 7) is 43.3. The zero-order valence-electron chi connectivity index (χ0n) is 38.5. The molecule has 1 aromatic heterocycles. The molecular formula is C44H88N10. The van der Waals surface area contributed by atoms with Crippen molar-refractivity contribution in [3.63, 3.8) is 0 Å². The minimum absolute atomic E-state index is 0.00751. The number of aromatic nitrogens is 3. The van der Waals surface area contributed by atoms with Crippen LogP contribution in [0.15, 0.2) is 0 Å². The van der Waals surface area contributed by atoms with Crippen LogP contribution < -0.4 is 26.6 Å². The van der Waals surface area contributed by atoms with Crippen LogP contribution in [0.2, 0.25) is 0 Å². The molecule has 2 aliphatic heterocycles. The van der Waals surface area contributed by atoms with E-state index in [2.05, 4.69) is 149 Å². The monoisotopic (exact) mass is 757 g/mol. The predicted octanol–water partition coefficient (Wildman–Crippen LogP) is 9.02. The Morgan fingerprint density at radius 1 is 0.667 bits per heavy atom. The van der Waals surface area contributed by atoms with Gasteiger partial charge in [0.1, 0.15) is 0 Å². The number of nitrogens with one attached hydrogen (secondary N) is 3. The molecule has 0 bridgehead atoms. The van der Waals surface area contributed by atoms with Crippen LogP contribution >= 0.6 is 0 Å². The molecule has 0 aromatic carbocycles.